The minimum absolute atomic E-state index is 0.239. The number of ether oxygens (including phenoxy) is 1. The summed E-state index contributed by atoms with van der Waals surface area (Å²) in [6.45, 7) is 16.6. The number of rotatable bonds is 5. The van der Waals surface area contributed by atoms with Crippen LogP contribution in [0.25, 0.3) is 0 Å². The average Bonchev–Trinajstić information content (AvgIpc) is 2.34. The summed E-state index contributed by atoms with van der Waals surface area (Å²) >= 11 is 0. The zero-order valence-corrected chi connectivity index (χ0v) is 16.5. The van der Waals surface area contributed by atoms with Gasteiger partial charge in [0.1, 0.15) is 5.60 Å². The zero-order chi connectivity index (χ0) is 17.8. The van der Waals surface area contributed by atoms with Crippen LogP contribution in [-0.4, -0.2) is 42.8 Å². The number of nitrogens with one attached hydrogen (secondary N) is 1. The zero-order valence-electron chi connectivity index (χ0n) is 16.5. The van der Waals surface area contributed by atoms with Crippen molar-refractivity contribution in [3.05, 3.63) is 0 Å². The van der Waals surface area contributed by atoms with Gasteiger partial charge in [0.2, 0.25) is 0 Å². The fourth-order valence-corrected chi connectivity index (χ4v) is 3.55. The molecular formula is C19H38N2O2. The molecule has 1 rings (SSSR count). The third-order valence-electron chi connectivity index (χ3n) is 4.71. The Morgan fingerprint density at radius 2 is 2.00 bits per heavy atom. The van der Waals surface area contributed by atoms with Crippen LogP contribution in [0, 0.1) is 17.3 Å². The maximum atomic E-state index is 12.0. The summed E-state index contributed by atoms with van der Waals surface area (Å²) in [5, 5.41) is 3.72. The Labute approximate surface area is 143 Å². The predicted molar refractivity (Wildman–Crippen MR) is 96.6 cm³/mol. The van der Waals surface area contributed by atoms with Gasteiger partial charge in [0.05, 0.1) is 0 Å². The van der Waals surface area contributed by atoms with Crippen molar-refractivity contribution in [3.8, 4) is 0 Å². The van der Waals surface area contributed by atoms with E-state index in [9.17, 15) is 4.79 Å². The van der Waals surface area contributed by atoms with Crippen LogP contribution < -0.4 is 5.32 Å². The average molecular weight is 327 g/mol. The van der Waals surface area contributed by atoms with E-state index in [1.165, 1.54) is 19.3 Å². The molecule has 0 radical (unpaired) electrons. The molecule has 1 aliphatic rings. The molecule has 1 N–H and O–H groups in total. The van der Waals surface area contributed by atoms with Gasteiger partial charge in [-0.05, 0) is 63.8 Å². The largest absolute Gasteiger partial charge is 0.444 e. The van der Waals surface area contributed by atoms with Crippen molar-refractivity contribution in [1.82, 2.24) is 10.2 Å². The smallest absolute Gasteiger partial charge is 0.410 e. The number of amides is 1. The standard InChI is InChI=1S/C19H38N2O2/c1-14(13-21(8)17(22)23-18(3,4)5)12-20-16-9-10-19(6,7)11-15(16)2/h14-16,20H,9-13H2,1-8H3. The first kappa shape index (κ1) is 20.3. The Bertz CT molecular complexity index is 387. The Balaban J connectivity index is 2.34. The van der Waals surface area contributed by atoms with E-state index in [-0.39, 0.29) is 6.09 Å². The van der Waals surface area contributed by atoms with E-state index in [4.69, 9.17) is 4.74 Å². The molecule has 23 heavy (non-hydrogen) atoms. The lowest BCUT2D eigenvalue weighted by atomic mass is 9.70. The molecule has 0 bridgehead atoms. The molecule has 0 saturated heterocycles. The van der Waals surface area contributed by atoms with Crippen molar-refractivity contribution in [2.45, 2.75) is 79.4 Å². The fraction of sp³-hybridized carbons (Fsp3) is 0.947. The van der Waals surface area contributed by atoms with Gasteiger partial charge >= 0.3 is 6.09 Å². The van der Waals surface area contributed by atoms with Crippen molar-refractivity contribution >= 4 is 6.09 Å². The molecule has 0 aliphatic heterocycles. The van der Waals surface area contributed by atoms with Gasteiger partial charge in [-0.1, -0.05) is 27.7 Å². The highest BCUT2D eigenvalue weighted by Crippen LogP contribution is 2.38. The minimum atomic E-state index is -0.433. The lowest BCUT2D eigenvalue weighted by Crippen LogP contribution is -2.45. The highest BCUT2D eigenvalue weighted by Gasteiger charge is 2.32. The summed E-state index contributed by atoms with van der Waals surface area (Å²) in [5.41, 5.74) is 0.0529. The van der Waals surface area contributed by atoms with E-state index in [2.05, 4.69) is 33.0 Å². The van der Waals surface area contributed by atoms with Crippen molar-refractivity contribution < 1.29 is 9.53 Å². The summed E-state index contributed by atoms with van der Waals surface area (Å²) in [5.74, 6) is 1.13. The van der Waals surface area contributed by atoms with Crippen LogP contribution in [0.2, 0.25) is 0 Å². The van der Waals surface area contributed by atoms with Crippen LogP contribution in [0.1, 0.15) is 67.7 Å². The molecule has 4 heteroatoms. The molecule has 1 saturated carbocycles. The van der Waals surface area contributed by atoms with Crippen molar-refractivity contribution in [1.29, 1.82) is 0 Å². The van der Waals surface area contributed by atoms with E-state index in [0.717, 1.165) is 12.5 Å². The molecule has 4 nitrogen and oxygen atoms in total. The molecule has 3 atom stereocenters. The van der Waals surface area contributed by atoms with Crippen molar-refractivity contribution in [2.75, 3.05) is 20.1 Å². The molecule has 136 valence electrons. The second-order valence-corrected chi connectivity index (χ2v) is 9.37. The number of carbonyl (C=O) groups is 1. The molecule has 1 amide bonds. The van der Waals surface area contributed by atoms with Crippen LogP contribution in [0.5, 0.6) is 0 Å². The molecule has 0 aromatic rings. The maximum Gasteiger partial charge on any atom is 0.410 e. The summed E-state index contributed by atoms with van der Waals surface area (Å²) < 4.78 is 5.40. The van der Waals surface area contributed by atoms with Gasteiger partial charge in [0, 0.05) is 19.6 Å². The lowest BCUT2D eigenvalue weighted by Gasteiger charge is -2.40. The summed E-state index contributed by atoms with van der Waals surface area (Å²) in [7, 11) is 1.82. The molecule has 1 aliphatic carbocycles. The second kappa shape index (κ2) is 7.87. The van der Waals surface area contributed by atoms with Gasteiger partial charge in [0.15, 0.2) is 0 Å². The normalized spacial score (nSPS) is 25.7. The van der Waals surface area contributed by atoms with Gasteiger partial charge in [-0.25, -0.2) is 4.79 Å². The molecule has 0 heterocycles. The molecule has 1 fully saturated rings. The monoisotopic (exact) mass is 326 g/mol. The van der Waals surface area contributed by atoms with Gasteiger partial charge in [0.25, 0.3) is 0 Å². The third kappa shape index (κ3) is 7.56. The van der Waals surface area contributed by atoms with Gasteiger partial charge in [-0.3, -0.25) is 0 Å². The molecule has 0 aromatic carbocycles. The highest BCUT2D eigenvalue weighted by atomic mass is 16.6. The lowest BCUT2D eigenvalue weighted by molar-refractivity contribution is 0.0274. The molecule has 0 aromatic heterocycles. The SMILES string of the molecule is CC(CNC1CCC(C)(C)CC1C)CN(C)C(=O)OC(C)(C)C. The maximum absolute atomic E-state index is 12.0. The van der Waals surface area contributed by atoms with E-state index in [1.54, 1.807) is 4.90 Å². The summed E-state index contributed by atoms with van der Waals surface area (Å²) in [6, 6.07) is 0.609. The fourth-order valence-electron chi connectivity index (χ4n) is 3.55. The predicted octanol–water partition coefficient (Wildman–Crippen LogP) is 4.29. The Morgan fingerprint density at radius 1 is 1.39 bits per heavy atom. The Kier molecular flexibility index (Phi) is 6.94. The van der Waals surface area contributed by atoms with Crippen molar-refractivity contribution in [2.24, 2.45) is 17.3 Å². The van der Waals surface area contributed by atoms with Gasteiger partial charge in [-0.2, -0.15) is 0 Å². The van der Waals surface area contributed by atoms with Crippen LogP contribution in [0.15, 0.2) is 0 Å². The van der Waals surface area contributed by atoms with Crippen LogP contribution in [0.4, 0.5) is 4.79 Å². The van der Waals surface area contributed by atoms with Gasteiger partial charge < -0.3 is 15.0 Å². The molecule has 0 spiro atoms. The second-order valence-electron chi connectivity index (χ2n) is 9.37. The minimum Gasteiger partial charge on any atom is -0.444 e. The van der Waals surface area contributed by atoms with E-state index in [0.29, 0.717) is 23.9 Å². The highest BCUT2D eigenvalue weighted by molar-refractivity contribution is 5.67. The van der Waals surface area contributed by atoms with Crippen LogP contribution >= 0.6 is 0 Å². The topological polar surface area (TPSA) is 41.6 Å². The number of hydrogen-bond donors (Lipinski definition) is 1. The van der Waals surface area contributed by atoms with Gasteiger partial charge in [-0.15, -0.1) is 0 Å². The molecular weight excluding hydrogens is 288 g/mol. The number of carbonyl (C=O) groups excluding carboxylic acids is 1. The quantitative estimate of drug-likeness (QED) is 0.819. The van der Waals surface area contributed by atoms with Crippen LogP contribution in [-0.2, 0) is 4.74 Å². The number of hydrogen-bond acceptors (Lipinski definition) is 3. The van der Waals surface area contributed by atoms with Crippen molar-refractivity contribution in [3.63, 3.8) is 0 Å². The Hall–Kier alpha value is -0.770. The third-order valence-corrected chi connectivity index (χ3v) is 4.71. The van der Waals surface area contributed by atoms with E-state index < -0.39 is 5.60 Å². The van der Waals surface area contributed by atoms with Crippen LogP contribution in [0.3, 0.4) is 0 Å². The summed E-state index contributed by atoms with van der Waals surface area (Å²) in [6.07, 6.45) is 3.60. The first-order valence-electron chi connectivity index (χ1n) is 9.07. The first-order chi connectivity index (χ1) is 10.4. The summed E-state index contributed by atoms with van der Waals surface area (Å²) in [4.78, 5) is 13.7. The number of nitrogens with zero attached hydrogens (tertiary/aromatic N) is 1. The van der Waals surface area contributed by atoms with E-state index >= 15 is 0 Å². The van der Waals surface area contributed by atoms with E-state index in [1.807, 2.05) is 27.8 Å². The Morgan fingerprint density at radius 3 is 2.52 bits per heavy atom. The first-order valence-corrected chi connectivity index (χ1v) is 9.07. The molecule has 3 unspecified atom stereocenters.